The molecule has 138 valence electrons. The highest BCUT2D eigenvalue weighted by Gasteiger charge is 2.53. The van der Waals surface area contributed by atoms with Gasteiger partial charge in [0.2, 0.25) is 0 Å². The van der Waals surface area contributed by atoms with E-state index in [2.05, 4.69) is 19.9 Å². The summed E-state index contributed by atoms with van der Waals surface area (Å²) in [5.74, 6) is 0. The second kappa shape index (κ2) is 6.56. The van der Waals surface area contributed by atoms with E-state index in [1.807, 2.05) is 0 Å². The molecule has 0 spiro atoms. The van der Waals surface area contributed by atoms with Gasteiger partial charge in [0.05, 0.1) is 22.9 Å². The van der Waals surface area contributed by atoms with E-state index in [9.17, 15) is 15.3 Å². The van der Waals surface area contributed by atoms with Gasteiger partial charge in [0, 0.05) is 0 Å². The van der Waals surface area contributed by atoms with Gasteiger partial charge in [-0.05, 0) is 73.1 Å². The zero-order valence-corrected chi connectivity index (χ0v) is 15.8. The van der Waals surface area contributed by atoms with E-state index in [0.29, 0.717) is 19.3 Å². The number of ether oxygens (including phenoxy) is 1. The summed E-state index contributed by atoms with van der Waals surface area (Å²) in [6.07, 6.45) is 10.0. The first kappa shape index (κ1) is 19.6. The Balaban J connectivity index is 2.25. The van der Waals surface area contributed by atoms with Crippen LogP contribution in [-0.4, -0.2) is 43.8 Å². The Kier molecular flexibility index (Phi) is 5.37. The molecule has 0 bridgehead atoms. The van der Waals surface area contributed by atoms with Crippen molar-refractivity contribution in [2.24, 2.45) is 0 Å². The molecule has 4 unspecified atom stereocenters. The molecule has 0 aromatic carbocycles. The topological polar surface area (TPSA) is 73.2 Å². The predicted molar refractivity (Wildman–Crippen MR) is 95.7 cm³/mol. The number of hydrogen-bond acceptors (Lipinski definition) is 4. The lowest BCUT2D eigenvalue weighted by Gasteiger charge is -2.38. The summed E-state index contributed by atoms with van der Waals surface area (Å²) in [6.45, 7) is 9.16. The molecule has 1 aliphatic heterocycles. The van der Waals surface area contributed by atoms with Crippen LogP contribution in [0.4, 0.5) is 0 Å². The quantitative estimate of drug-likeness (QED) is 0.507. The van der Waals surface area contributed by atoms with E-state index in [1.165, 1.54) is 5.57 Å². The van der Waals surface area contributed by atoms with Crippen LogP contribution in [0.5, 0.6) is 0 Å². The van der Waals surface area contributed by atoms with Crippen LogP contribution in [0.2, 0.25) is 0 Å². The van der Waals surface area contributed by atoms with Crippen LogP contribution >= 0.6 is 0 Å². The fraction of sp³-hybridized carbons (Fsp3) is 0.800. The summed E-state index contributed by atoms with van der Waals surface area (Å²) in [4.78, 5) is 0. The van der Waals surface area contributed by atoms with Crippen LogP contribution in [-0.2, 0) is 4.74 Å². The Bertz CT molecular complexity index is 514. The lowest BCUT2D eigenvalue weighted by atomic mass is 9.78. The van der Waals surface area contributed by atoms with E-state index in [4.69, 9.17) is 4.74 Å². The van der Waals surface area contributed by atoms with Gasteiger partial charge in [0.1, 0.15) is 5.60 Å². The Labute approximate surface area is 146 Å². The summed E-state index contributed by atoms with van der Waals surface area (Å²) in [5, 5.41) is 32.0. The van der Waals surface area contributed by atoms with Crippen molar-refractivity contribution in [3.05, 3.63) is 23.8 Å². The molecule has 1 saturated heterocycles. The zero-order chi connectivity index (χ0) is 18.2. The number of aliphatic hydroxyl groups is 3. The Hall–Kier alpha value is -0.680. The average molecular weight is 338 g/mol. The molecule has 0 radical (unpaired) electrons. The van der Waals surface area contributed by atoms with Crippen LogP contribution in [0, 0.1) is 0 Å². The second-order valence-corrected chi connectivity index (χ2v) is 8.72. The Morgan fingerprint density at radius 2 is 1.79 bits per heavy atom. The molecule has 0 aromatic heterocycles. The molecule has 24 heavy (non-hydrogen) atoms. The van der Waals surface area contributed by atoms with Gasteiger partial charge in [-0.25, -0.2) is 0 Å². The van der Waals surface area contributed by atoms with Crippen molar-refractivity contribution in [2.75, 3.05) is 0 Å². The maximum Gasteiger partial charge on any atom is 0.111 e. The van der Waals surface area contributed by atoms with Crippen molar-refractivity contribution < 1.29 is 20.1 Å². The first-order chi connectivity index (χ1) is 10.9. The van der Waals surface area contributed by atoms with Gasteiger partial charge in [-0.15, -0.1) is 0 Å². The molecule has 0 saturated carbocycles. The number of fused-ring (bicyclic) bond motifs is 1. The highest BCUT2D eigenvalue weighted by molar-refractivity contribution is 5.16. The maximum atomic E-state index is 11.0. The summed E-state index contributed by atoms with van der Waals surface area (Å²) < 4.78 is 5.88. The maximum absolute atomic E-state index is 11.0. The van der Waals surface area contributed by atoms with Gasteiger partial charge in [0.25, 0.3) is 0 Å². The second-order valence-electron chi connectivity index (χ2n) is 8.72. The van der Waals surface area contributed by atoms with Crippen LogP contribution < -0.4 is 0 Å². The lowest BCUT2D eigenvalue weighted by molar-refractivity contribution is -0.107. The SMILES string of the molecule is CC1=CCCC(C)(O)C=CC(O)(C(C)(C)O)CCC2(C)OC2CC1. The van der Waals surface area contributed by atoms with Gasteiger partial charge < -0.3 is 20.1 Å². The summed E-state index contributed by atoms with van der Waals surface area (Å²) in [6, 6.07) is 0. The normalized spacial score (nSPS) is 42.0. The van der Waals surface area contributed by atoms with Gasteiger partial charge in [-0.1, -0.05) is 23.8 Å². The monoisotopic (exact) mass is 338 g/mol. The molecule has 2 rings (SSSR count). The smallest absolute Gasteiger partial charge is 0.111 e. The van der Waals surface area contributed by atoms with Crippen LogP contribution in [0.1, 0.15) is 73.1 Å². The van der Waals surface area contributed by atoms with E-state index in [1.54, 1.807) is 32.9 Å². The fourth-order valence-corrected chi connectivity index (χ4v) is 3.38. The van der Waals surface area contributed by atoms with Gasteiger partial charge in [-0.2, -0.15) is 0 Å². The molecule has 1 fully saturated rings. The Morgan fingerprint density at radius 1 is 1.12 bits per heavy atom. The molecule has 0 amide bonds. The van der Waals surface area contributed by atoms with E-state index in [-0.39, 0.29) is 11.7 Å². The molecule has 0 aromatic rings. The van der Waals surface area contributed by atoms with Gasteiger partial charge >= 0.3 is 0 Å². The predicted octanol–water partition coefficient (Wildman–Crippen LogP) is 3.25. The van der Waals surface area contributed by atoms with Crippen molar-refractivity contribution in [3.63, 3.8) is 0 Å². The van der Waals surface area contributed by atoms with Crippen LogP contribution in [0.25, 0.3) is 0 Å². The van der Waals surface area contributed by atoms with Crippen molar-refractivity contribution in [1.82, 2.24) is 0 Å². The third-order valence-electron chi connectivity index (χ3n) is 5.76. The summed E-state index contributed by atoms with van der Waals surface area (Å²) >= 11 is 0. The minimum absolute atomic E-state index is 0.222. The minimum atomic E-state index is -1.40. The van der Waals surface area contributed by atoms with Crippen molar-refractivity contribution in [1.29, 1.82) is 0 Å². The first-order valence-corrected chi connectivity index (χ1v) is 9.08. The van der Waals surface area contributed by atoms with Gasteiger partial charge in [0.15, 0.2) is 0 Å². The van der Waals surface area contributed by atoms with E-state index >= 15 is 0 Å². The molecular formula is C20H34O4. The van der Waals surface area contributed by atoms with Crippen molar-refractivity contribution >= 4 is 0 Å². The van der Waals surface area contributed by atoms with Crippen molar-refractivity contribution in [3.8, 4) is 0 Å². The number of rotatable bonds is 1. The first-order valence-electron chi connectivity index (χ1n) is 9.08. The fourth-order valence-electron chi connectivity index (χ4n) is 3.38. The molecule has 4 nitrogen and oxygen atoms in total. The van der Waals surface area contributed by atoms with E-state index in [0.717, 1.165) is 19.3 Å². The van der Waals surface area contributed by atoms with Crippen LogP contribution in [0.3, 0.4) is 0 Å². The van der Waals surface area contributed by atoms with Gasteiger partial charge in [-0.3, -0.25) is 0 Å². The lowest BCUT2D eigenvalue weighted by Crippen LogP contribution is -2.49. The standard InChI is InChI=1S/C20H34O4/c1-15-7-6-10-18(4,22)11-13-20(23,17(2,3)21)14-12-19(5)16(24-19)9-8-15/h7,11,13,16,21-23H,6,8-10,12,14H2,1-5H3. The molecule has 2 aliphatic rings. The highest BCUT2D eigenvalue weighted by atomic mass is 16.6. The molecular weight excluding hydrogens is 304 g/mol. The number of epoxide rings is 1. The third-order valence-corrected chi connectivity index (χ3v) is 5.76. The van der Waals surface area contributed by atoms with Crippen molar-refractivity contribution in [2.45, 2.75) is 102 Å². The van der Waals surface area contributed by atoms with E-state index < -0.39 is 16.8 Å². The average Bonchev–Trinajstić information content (AvgIpc) is 3.10. The number of allylic oxidation sites excluding steroid dienone is 2. The molecule has 1 heterocycles. The zero-order valence-electron chi connectivity index (χ0n) is 15.8. The third kappa shape index (κ3) is 4.69. The minimum Gasteiger partial charge on any atom is -0.387 e. The largest absolute Gasteiger partial charge is 0.387 e. The summed E-state index contributed by atoms with van der Waals surface area (Å²) in [5.41, 5.74) is -2.60. The van der Waals surface area contributed by atoms with Crippen LogP contribution in [0.15, 0.2) is 23.8 Å². The molecule has 1 aliphatic carbocycles. The molecule has 4 atom stereocenters. The molecule has 3 N–H and O–H groups in total. The Morgan fingerprint density at radius 3 is 2.42 bits per heavy atom. The molecule has 4 heteroatoms. The highest BCUT2D eigenvalue weighted by Crippen LogP contribution is 2.45. The number of hydrogen-bond donors (Lipinski definition) is 3. The summed E-state index contributed by atoms with van der Waals surface area (Å²) in [7, 11) is 0.